The highest BCUT2D eigenvalue weighted by Crippen LogP contribution is 2.39. The number of aliphatic hydroxyl groups excluding tert-OH is 1. The van der Waals surface area contributed by atoms with Gasteiger partial charge in [0.05, 0.1) is 18.7 Å². The second kappa shape index (κ2) is 9.70. The zero-order chi connectivity index (χ0) is 25.2. The summed E-state index contributed by atoms with van der Waals surface area (Å²) in [6.45, 7) is 0.219. The zero-order valence-electron chi connectivity index (χ0n) is 19.7. The highest BCUT2D eigenvalue weighted by molar-refractivity contribution is 6.09. The molecule has 0 fully saturated rings. The number of aromatic nitrogens is 1. The lowest BCUT2D eigenvalue weighted by Gasteiger charge is -2.27. The number of carbonyl (C=O) groups excluding carboxylic acids is 2. The normalized spacial score (nSPS) is 15.7. The summed E-state index contributed by atoms with van der Waals surface area (Å²) >= 11 is 0. The second-order valence-electron chi connectivity index (χ2n) is 8.78. The molecule has 0 aliphatic carbocycles. The van der Waals surface area contributed by atoms with Crippen LogP contribution in [0.2, 0.25) is 0 Å². The van der Waals surface area contributed by atoms with Crippen LogP contribution in [0.4, 0.5) is 4.39 Å². The number of benzene rings is 3. The standard InChI is InChI=1S/C29H25FN2O4/c1-36-22-10-11-24-23(16-22)20(17-31-24)12-13-32-27(19-8-5-9-21(30)15-19)26(28(34)29(32)35)25(33)14-18-6-3-2-4-7-18/h2-11,15-17,27,31,34H,12-14H2,1H3/t27-/m1/s1. The van der Waals surface area contributed by atoms with Crippen LogP contribution in [0.5, 0.6) is 5.75 Å². The third kappa shape index (κ3) is 4.35. The summed E-state index contributed by atoms with van der Waals surface area (Å²) in [5, 5.41) is 11.8. The third-order valence-corrected chi connectivity index (χ3v) is 6.57. The number of hydrogen-bond donors (Lipinski definition) is 2. The molecule has 0 saturated heterocycles. The van der Waals surface area contributed by atoms with Crippen molar-refractivity contribution in [3.8, 4) is 5.75 Å². The minimum absolute atomic E-state index is 0.00458. The van der Waals surface area contributed by atoms with Crippen LogP contribution in [-0.4, -0.2) is 40.3 Å². The van der Waals surface area contributed by atoms with E-state index in [4.69, 9.17) is 4.74 Å². The number of nitrogens with one attached hydrogen (secondary N) is 1. The third-order valence-electron chi connectivity index (χ3n) is 6.57. The largest absolute Gasteiger partial charge is 0.503 e. The van der Waals surface area contributed by atoms with Gasteiger partial charge in [-0.15, -0.1) is 0 Å². The van der Waals surface area contributed by atoms with Crippen LogP contribution in [0.25, 0.3) is 10.9 Å². The second-order valence-corrected chi connectivity index (χ2v) is 8.78. The number of ether oxygens (including phenoxy) is 1. The van der Waals surface area contributed by atoms with Crippen LogP contribution in [0.1, 0.15) is 22.7 Å². The summed E-state index contributed by atoms with van der Waals surface area (Å²) in [5.74, 6) is -1.36. The van der Waals surface area contributed by atoms with E-state index in [9.17, 15) is 19.1 Å². The van der Waals surface area contributed by atoms with Crippen molar-refractivity contribution in [2.24, 2.45) is 0 Å². The van der Waals surface area contributed by atoms with Crippen molar-refractivity contribution in [3.63, 3.8) is 0 Å². The molecule has 1 aromatic heterocycles. The molecule has 0 unspecified atom stereocenters. The number of aliphatic hydroxyl groups is 1. The number of rotatable bonds is 8. The van der Waals surface area contributed by atoms with E-state index in [1.54, 1.807) is 13.2 Å². The molecule has 1 atom stereocenters. The fourth-order valence-corrected chi connectivity index (χ4v) is 4.80. The number of ketones is 1. The van der Waals surface area contributed by atoms with Gasteiger partial charge in [0.2, 0.25) is 0 Å². The van der Waals surface area contributed by atoms with Crippen molar-refractivity contribution in [2.75, 3.05) is 13.7 Å². The van der Waals surface area contributed by atoms with E-state index in [-0.39, 0.29) is 24.3 Å². The number of halogens is 1. The van der Waals surface area contributed by atoms with Crippen molar-refractivity contribution < 1.29 is 23.8 Å². The van der Waals surface area contributed by atoms with E-state index in [2.05, 4.69) is 4.98 Å². The summed E-state index contributed by atoms with van der Waals surface area (Å²) in [6, 6.07) is 19.7. The van der Waals surface area contributed by atoms with Crippen LogP contribution >= 0.6 is 0 Å². The maximum atomic E-state index is 14.2. The fourth-order valence-electron chi connectivity index (χ4n) is 4.80. The predicted molar refractivity (Wildman–Crippen MR) is 134 cm³/mol. The van der Waals surface area contributed by atoms with Gasteiger partial charge in [0.1, 0.15) is 11.6 Å². The average Bonchev–Trinajstić information content (AvgIpc) is 3.40. The molecule has 7 heteroatoms. The van der Waals surface area contributed by atoms with Crippen LogP contribution < -0.4 is 4.74 Å². The van der Waals surface area contributed by atoms with E-state index >= 15 is 0 Å². The molecule has 6 nitrogen and oxygen atoms in total. The Morgan fingerprint density at radius 3 is 2.64 bits per heavy atom. The molecule has 2 heterocycles. The van der Waals surface area contributed by atoms with Gasteiger partial charge >= 0.3 is 0 Å². The van der Waals surface area contributed by atoms with Crippen LogP contribution in [0, 0.1) is 5.82 Å². The Hall–Kier alpha value is -4.39. The molecular formula is C29H25FN2O4. The Labute approximate surface area is 207 Å². The number of fused-ring (bicyclic) bond motifs is 1. The summed E-state index contributed by atoms with van der Waals surface area (Å²) in [7, 11) is 1.60. The Morgan fingerprint density at radius 2 is 1.89 bits per heavy atom. The Kier molecular flexibility index (Phi) is 6.29. The molecule has 0 bridgehead atoms. The maximum absolute atomic E-state index is 14.2. The highest BCUT2D eigenvalue weighted by atomic mass is 19.1. The van der Waals surface area contributed by atoms with Gasteiger partial charge in [-0.3, -0.25) is 9.59 Å². The number of hydrogen-bond acceptors (Lipinski definition) is 4. The van der Waals surface area contributed by atoms with Crippen molar-refractivity contribution in [2.45, 2.75) is 18.9 Å². The van der Waals surface area contributed by atoms with Gasteiger partial charge in [0, 0.05) is 30.1 Å². The molecule has 4 aromatic rings. The Morgan fingerprint density at radius 1 is 1.08 bits per heavy atom. The van der Waals surface area contributed by atoms with E-state index in [0.29, 0.717) is 17.7 Å². The summed E-state index contributed by atoms with van der Waals surface area (Å²) < 4.78 is 19.5. The molecule has 1 amide bonds. The van der Waals surface area contributed by atoms with Gasteiger partial charge in [-0.2, -0.15) is 0 Å². The fraction of sp³-hybridized carbons (Fsp3) is 0.172. The van der Waals surface area contributed by atoms with Crippen LogP contribution in [0.3, 0.4) is 0 Å². The molecule has 1 aliphatic rings. The van der Waals surface area contributed by atoms with Crippen molar-refractivity contribution in [1.82, 2.24) is 9.88 Å². The molecule has 36 heavy (non-hydrogen) atoms. The molecule has 182 valence electrons. The highest BCUT2D eigenvalue weighted by Gasteiger charge is 2.43. The van der Waals surface area contributed by atoms with Gasteiger partial charge in [0.25, 0.3) is 5.91 Å². The van der Waals surface area contributed by atoms with E-state index in [1.165, 1.54) is 23.1 Å². The first-order valence-corrected chi connectivity index (χ1v) is 11.7. The smallest absolute Gasteiger partial charge is 0.290 e. The molecule has 1 aliphatic heterocycles. The van der Waals surface area contributed by atoms with Crippen molar-refractivity contribution in [3.05, 3.63) is 113 Å². The number of H-pyrrole nitrogens is 1. The van der Waals surface area contributed by atoms with Crippen molar-refractivity contribution in [1.29, 1.82) is 0 Å². The first kappa shape index (κ1) is 23.4. The van der Waals surface area contributed by atoms with Crippen LogP contribution in [0.15, 0.2) is 90.3 Å². The lowest BCUT2D eigenvalue weighted by molar-refractivity contribution is -0.129. The predicted octanol–water partition coefficient (Wildman–Crippen LogP) is 5.07. The molecular weight excluding hydrogens is 459 g/mol. The van der Waals surface area contributed by atoms with E-state index in [0.717, 1.165) is 22.0 Å². The topological polar surface area (TPSA) is 82.6 Å². The van der Waals surface area contributed by atoms with Gasteiger partial charge in [-0.1, -0.05) is 42.5 Å². The molecule has 3 aromatic carbocycles. The molecule has 0 saturated carbocycles. The lowest BCUT2D eigenvalue weighted by atomic mass is 9.93. The summed E-state index contributed by atoms with van der Waals surface area (Å²) in [4.78, 5) is 31.2. The number of carbonyl (C=O) groups is 2. The molecule has 2 N–H and O–H groups in total. The van der Waals surface area contributed by atoms with E-state index in [1.807, 2.05) is 54.7 Å². The first-order chi connectivity index (χ1) is 17.5. The average molecular weight is 485 g/mol. The molecule has 0 spiro atoms. The SMILES string of the molecule is COc1ccc2[nH]cc(CCN3C(=O)C(O)=C(C(=O)Cc4ccccc4)[C@H]3c3cccc(F)c3)c2c1. The zero-order valence-corrected chi connectivity index (χ0v) is 19.7. The van der Waals surface area contributed by atoms with Crippen molar-refractivity contribution >= 4 is 22.6 Å². The number of methoxy groups -OCH3 is 1. The minimum atomic E-state index is -0.885. The Balaban J connectivity index is 1.47. The van der Waals surface area contributed by atoms with Gasteiger partial charge in [-0.05, 0) is 53.4 Å². The minimum Gasteiger partial charge on any atom is -0.503 e. The number of aromatic amines is 1. The quantitative estimate of drug-likeness (QED) is 0.366. The van der Waals surface area contributed by atoms with Gasteiger partial charge < -0.3 is 19.7 Å². The lowest BCUT2D eigenvalue weighted by Crippen LogP contribution is -2.33. The molecule has 5 rings (SSSR count). The number of nitrogens with zero attached hydrogens (tertiary/aromatic N) is 1. The van der Waals surface area contributed by atoms with Gasteiger partial charge in [0.15, 0.2) is 11.5 Å². The molecule has 0 radical (unpaired) electrons. The maximum Gasteiger partial charge on any atom is 0.290 e. The number of Topliss-reactive ketones (excluding diaryl/α,β-unsaturated/α-hetero) is 1. The van der Waals surface area contributed by atoms with Crippen LogP contribution in [-0.2, 0) is 22.4 Å². The van der Waals surface area contributed by atoms with Gasteiger partial charge in [-0.25, -0.2) is 4.39 Å². The Bertz CT molecular complexity index is 1480. The van der Waals surface area contributed by atoms with E-state index < -0.39 is 23.5 Å². The first-order valence-electron chi connectivity index (χ1n) is 11.7. The number of amides is 1. The summed E-state index contributed by atoms with van der Waals surface area (Å²) in [6.07, 6.45) is 2.35. The monoisotopic (exact) mass is 484 g/mol. The summed E-state index contributed by atoms with van der Waals surface area (Å²) in [5.41, 5.74) is 3.08.